The zero-order valence-corrected chi connectivity index (χ0v) is 9.19. The van der Waals surface area contributed by atoms with Crippen molar-refractivity contribution in [3.63, 3.8) is 0 Å². The van der Waals surface area contributed by atoms with Crippen LogP contribution < -0.4 is 0 Å². The molecule has 2 fully saturated rings. The molecule has 2 rings (SSSR count). The van der Waals surface area contributed by atoms with E-state index in [0.717, 1.165) is 32.2 Å². The molecule has 1 aliphatic carbocycles. The molecule has 1 saturated carbocycles. The fraction of sp³-hybridized carbons (Fsp3) is 0.909. The Morgan fingerprint density at radius 2 is 2.33 bits per heavy atom. The average Bonchev–Trinajstić information content (AvgIpc) is 2.76. The molecular weight excluding hydrogens is 194 g/mol. The second-order valence-electron chi connectivity index (χ2n) is 4.59. The van der Waals surface area contributed by atoms with Crippen molar-refractivity contribution in [1.29, 1.82) is 0 Å². The summed E-state index contributed by atoms with van der Waals surface area (Å²) in [6, 6.07) is 0.0177. The van der Waals surface area contributed by atoms with E-state index in [2.05, 4.69) is 6.92 Å². The van der Waals surface area contributed by atoms with Crippen LogP contribution in [0, 0.1) is 5.92 Å². The van der Waals surface area contributed by atoms with Crippen LogP contribution in [-0.4, -0.2) is 41.4 Å². The Hall–Kier alpha value is -0.770. The Kier molecular flexibility index (Phi) is 3.14. The molecule has 0 aromatic heterocycles. The summed E-state index contributed by atoms with van der Waals surface area (Å²) >= 11 is 0. The van der Waals surface area contributed by atoms with Gasteiger partial charge in [0.1, 0.15) is 0 Å². The highest BCUT2D eigenvalue weighted by Gasteiger charge is 2.46. The largest absolute Gasteiger partial charge is 0.449 e. The second kappa shape index (κ2) is 4.39. The SMILES string of the molecule is CCCCOC(=O)N1C[C@@H]2C[C@@H](O)[C@H]1C2. The quantitative estimate of drug-likeness (QED) is 0.720. The molecule has 0 spiro atoms. The molecule has 1 saturated heterocycles. The molecule has 2 aliphatic rings. The summed E-state index contributed by atoms with van der Waals surface area (Å²) in [6.45, 7) is 3.33. The van der Waals surface area contributed by atoms with Gasteiger partial charge in [0.2, 0.25) is 0 Å². The average molecular weight is 213 g/mol. The van der Waals surface area contributed by atoms with E-state index in [9.17, 15) is 9.90 Å². The van der Waals surface area contributed by atoms with Crippen molar-refractivity contribution < 1.29 is 14.6 Å². The van der Waals surface area contributed by atoms with E-state index in [-0.39, 0.29) is 18.2 Å². The van der Waals surface area contributed by atoms with Crippen molar-refractivity contribution in [3.05, 3.63) is 0 Å². The number of rotatable bonds is 3. The maximum atomic E-state index is 11.6. The van der Waals surface area contributed by atoms with E-state index < -0.39 is 0 Å². The Labute approximate surface area is 90.2 Å². The molecule has 15 heavy (non-hydrogen) atoms. The number of hydrogen-bond acceptors (Lipinski definition) is 3. The number of aliphatic hydroxyl groups excluding tert-OH is 1. The van der Waals surface area contributed by atoms with Crippen LogP contribution in [0.4, 0.5) is 4.79 Å². The summed E-state index contributed by atoms with van der Waals surface area (Å²) in [5, 5.41) is 9.66. The molecular formula is C11H19NO3. The number of aliphatic hydroxyl groups is 1. The Morgan fingerprint density at radius 3 is 2.93 bits per heavy atom. The maximum Gasteiger partial charge on any atom is 0.410 e. The van der Waals surface area contributed by atoms with Gasteiger partial charge in [-0.25, -0.2) is 4.79 Å². The van der Waals surface area contributed by atoms with E-state index in [1.807, 2.05) is 0 Å². The lowest BCUT2D eigenvalue weighted by Gasteiger charge is -2.29. The maximum absolute atomic E-state index is 11.6. The third-order valence-electron chi connectivity index (χ3n) is 3.41. The molecule has 0 radical (unpaired) electrons. The van der Waals surface area contributed by atoms with Gasteiger partial charge in [0.25, 0.3) is 0 Å². The van der Waals surface area contributed by atoms with Gasteiger partial charge in [-0.05, 0) is 25.2 Å². The van der Waals surface area contributed by atoms with E-state index in [0.29, 0.717) is 12.5 Å². The van der Waals surface area contributed by atoms with Gasteiger partial charge in [0, 0.05) is 6.54 Å². The van der Waals surface area contributed by atoms with Crippen LogP contribution in [0.25, 0.3) is 0 Å². The monoisotopic (exact) mass is 213 g/mol. The van der Waals surface area contributed by atoms with Gasteiger partial charge >= 0.3 is 6.09 Å². The van der Waals surface area contributed by atoms with E-state index >= 15 is 0 Å². The zero-order chi connectivity index (χ0) is 10.8. The molecule has 0 aromatic rings. The summed E-state index contributed by atoms with van der Waals surface area (Å²) in [5.74, 6) is 0.490. The minimum atomic E-state index is -0.331. The lowest BCUT2D eigenvalue weighted by molar-refractivity contribution is 0.0391. The topological polar surface area (TPSA) is 49.8 Å². The van der Waals surface area contributed by atoms with Crippen molar-refractivity contribution in [2.24, 2.45) is 5.92 Å². The molecule has 0 unspecified atom stereocenters. The van der Waals surface area contributed by atoms with E-state index in [4.69, 9.17) is 4.74 Å². The van der Waals surface area contributed by atoms with Crippen LogP contribution >= 0.6 is 0 Å². The highest BCUT2D eigenvalue weighted by molar-refractivity contribution is 5.68. The number of ether oxygens (including phenoxy) is 1. The van der Waals surface area contributed by atoms with Gasteiger partial charge < -0.3 is 14.7 Å². The fourth-order valence-corrected chi connectivity index (χ4v) is 2.59. The normalized spacial score (nSPS) is 33.5. The first-order valence-corrected chi connectivity index (χ1v) is 5.83. The van der Waals surface area contributed by atoms with Gasteiger partial charge in [0.15, 0.2) is 0 Å². The van der Waals surface area contributed by atoms with Crippen LogP contribution in [0.15, 0.2) is 0 Å². The predicted octanol–water partition coefficient (Wildman–Crippen LogP) is 1.38. The van der Waals surface area contributed by atoms with Gasteiger partial charge in [0.05, 0.1) is 18.8 Å². The van der Waals surface area contributed by atoms with Crippen LogP contribution in [0.2, 0.25) is 0 Å². The predicted molar refractivity (Wildman–Crippen MR) is 55.5 cm³/mol. The van der Waals surface area contributed by atoms with Crippen LogP contribution in [0.3, 0.4) is 0 Å². The standard InChI is InChI=1S/C11H19NO3/c1-2-3-4-15-11(14)12-7-8-5-9(12)10(13)6-8/h8-10,13H,2-7H2,1H3/t8-,9+,10+/m0/s1. The van der Waals surface area contributed by atoms with Crippen LogP contribution in [0.5, 0.6) is 0 Å². The van der Waals surface area contributed by atoms with Crippen molar-refractivity contribution in [3.8, 4) is 0 Å². The third-order valence-corrected chi connectivity index (χ3v) is 3.41. The molecule has 4 heteroatoms. The summed E-state index contributed by atoms with van der Waals surface area (Å²) in [4.78, 5) is 13.4. The number of unbranched alkanes of at least 4 members (excludes halogenated alkanes) is 1. The molecule has 3 atom stereocenters. The summed E-state index contributed by atoms with van der Waals surface area (Å²) in [5.41, 5.74) is 0. The van der Waals surface area contributed by atoms with Crippen molar-refractivity contribution >= 4 is 6.09 Å². The van der Waals surface area contributed by atoms with Gasteiger partial charge in [-0.3, -0.25) is 0 Å². The minimum absolute atomic E-state index is 0.0177. The lowest BCUT2D eigenvalue weighted by Crippen LogP contribution is -2.45. The zero-order valence-electron chi connectivity index (χ0n) is 9.19. The molecule has 1 aliphatic heterocycles. The molecule has 1 heterocycles. The molecule has 86 valence electrons. The highest BCUT2D eigenvalue weighted by atomic mass is 16.6. The number of carbonyl (C=O) groups excluding carboxylic acids is 1. The Morgan fingerprint density at radius 1 is 1.53 bits per heavy atom. The number of likely N-dealkylation sites (tertiary alicyclic amines) is 1. The number of piperidine rings is 1. The first-order valence-electron chi connectivity index (χ1n) is 5.83. The third kappa shape index (κ3) is 2.09. The summed E-state index contributed by atoms with van der Waals surface area (Å²) in [6.07, 6.45) is 3.17. The Bertz CT molecular complexity index is 244. The number of hydrogen-bond donors (Lipinski definition) is 1. The molecule has 4 nitrogen and oxygen atoms in total. The number of fused-ring (bicyclic) bond motifs is 2. The lowest BCUT2D eigenvalue weighted by atomic mass is 10.1. The first kappa shape index (κ1) is 10.7. The smallest absolute Gasteiger partial charge is 0.410 e. The van der Waals surface area contributed by atoms with Gasteiger partial charge in [-0.15, -0.1) is 0 Å². The van der Waals surface area contributed by atoms with Gasteiger partial charge in [-0.2, -0.15) is 0 Å². The van der Waals surface area contributed by atoms with Crippen molar-refractivity contribution in [1.82, 2.24) is 4.90 Å². The number of carbonyl (C=O) groups is 1. The van der Waals surface area contributed by atoms with E-state index in [1.165, 1.54) is 0 Å². The summed E-state index contributed by atoms with van der Waals surface area (Å²) < 4.78 is 5.14. The Balaban J connectivity index is 1.81. The van der Waals surface area contributed by atoms with Crippen LogP contribution in [0.1, 0.15) is 32.6 Å². The van der Waals surface area contributed by atoms with Crippen molar-refractivity contribution in [2.75, 3.05) is 13.2 Å². The van der Waals surface area contributed by atoms with Crippen LogP contribution in [-0.2, 0) is 4.74 Å². The number of nitrogens with zero attached hydrogens (tertiary/aromatic N) is 1. The van der Waals surface area contributed by atoms with Gasteiger partial charge in [-0.1, -0.05) is 13.3 Å². The minimum Gasteiger partial charge on any atom is -0.449 e. The molecule has 1 amide bonds. The summed E-state index contributed by atoms with van der Waals surface area (Å²) in [7, 11) is 0. The van der Waals surface area contributed by atoms with E-state index in [1.54, 1.807) is 4.90 Å². The number of amides is 1. The van der Waals surface area contributed by atoms with Crippen molar-refractivity contribution in [2.45, 2.75) is 44.8 Å². The molecule has 0 aromatic carbocycles. The molecule has 1 N–H and O–H groups in total. The fourth-order valence-electron chi connectivity index (χ4n) is 2.59. The first-order chi connectivity index (χ1) is 7.22. The highest BCUT2D eigenvalue weighted by Crippen LogP contribution is 2.37. The molecule has 2 bridgehead atoms. The second-order valence-corrected chi connectivity index (χ2v) is 4.59.